The number of nitrogens with zero attached hydrogens (tertiary/aromatic N) is 1. The zero-order chi connectivity index (χ0) is 25.6. The van der Waals surface area contributed by atoms with E-state index in [-0.39, 0.29) is 43.2 Å². The molecule has 1 aliphatic rings. The molecule has 1 unspecified atom stereocenters. The Kier molecular flexibility index (Phi) is 8.99. The number of hydrogen-bond donors (Lipinski definition) is 4. The second-order valence-electron chi connectivity index (χ2n) is 10.5. The first kappa shape index (κ1) is 26.8. The highest BCUT2D eigenvalue weighted by Crippen LogP contribution is 2.24. The number of carbonyl (C=O) groups is 3. The molecule has 2 aromatic carbocycles. The number of nitrogens with two attached hydrogens (primary N) is 1. The Labute approximate surface area is 207 Å². The summed E-state index contributed by atoms with van der Waals surface area (Å²) in [6, 6.07) is 12.2. The van der Waals surface area contributed by atoms with Crippen LogP contribution in [0.25, 0.3) is 10.8 Å². The first-order valence-corrected chi connectivity index (χ1v) is 12.3. The van der Waals surface area contributed by atoms with Crippen LogP contribution in [0.15, 0.2) is 42.5 Å². The molecule has 0 bridgehead atoms. The third-order valence-electron chi connectivity index (χ3n) is 6.19. The number of nitrogens with one attached hydrogen (secondary N) is 2. The van der Waals surface area contributed by atoms with Gasteiger partial charge in [-0.2, -0.15) is 0 Å². The fraction of sp³-hybridized carbons (Fsp3) is 0.519. The van der Waals surface area contributed by atoms with Crippen LogP contribution >= 0.6 is 0 Å². The van der Waals surface area contributed by atoms with E-state index in [9.17, 15) is 19.5 Å². The Morgan fingerprint density at radius 2 is 1.89 bits per heavy atom. The minimum absolute atomic E-state index is 0.00673. The molecule has 35 heavy (non-hydrogen) atoms. The molecule has 0 saturated carbocycles. The van der Waals surface area contributed by atoms with Crippen molar-refractivity contribution in [1.82, 2.24) is 15.5 Å². The van der Waals surface area contributed by atoms with Crippen LogP contribution in [0.5, 0.6) is 0 Å². The molecule has 3 rings (SSSR count). The predicted molar refractivity (Wildman–Crippen MR) is 136 cm³/mol. The number of fused-ring (bicyclic) bond motifs is 1. The maximum absolute atomic E-state index is 13.6. The van der Waals surface area contributed by atoms with Crippen LogP contribution < -0.4 is 16.4 Å². The van der Waals surface area contributed by atoms with E-state index in [1.165, 1.54) is 0 Å². The van der Waals surface area contributed by atoms with Crippen molar-refractivity contribution in [2.24, 2.45) is 11.1 Å². The van der Waals surface area contributed by atoms with Gasteiger partial charge in [-0.05, 0) is 41.1 Å². The molecular weight excluding hydrogens is 444 g/mol. The van der Waals surface area contributed by atoms with Crippen LogP contribution in [0.1, 0.15) is 45.6 Å². The number of benzene rings is 2. The van der Waals surface area contributed by atoms with Gasteiger partial charge in [0.25, 0.3) is 0 Å². The largest absolute Gasteiger partial charge is 0.390 e. The van der Waals surface area contributed by atoms with Crippen molar-refractivity contribution in [2.45, 2.75) is 64.6 Å². The number of rotatable bonds is 9. The van der Waals surface area contributed by atoms with Gasteiger partial charge >= 0.3 is 0 Å². The molecule has 0 aliphatic carbocycles. The number of amides is 3. The Bertz CT molecular complexity index is 1040. The van der Waals surface area contributed by atoms with Gasteiger partial charge in [0.2, 0.25) is 17.7 Å². The summed E-state index contributed by atoms with van der Waals surface area (Å²) in [6.07, 6.45) is 0.837. The topological polar surface area (TPSA) is 125 Å². The Balaban J connectivity index is 1.98. The molecular formula is C27H38N4O4. The molecule has 5 N–H and O–H groups in total. The summed E-state index contributed by atoms with van der Waals surface area (Å²) in [4.78, 5) is 41.7. The molecule has 8 heteroatoms. The quantitative estimate of drug-likeness (QED) is 0.431. The van der Waals surface area contributed by atoms with Crippen LogP contribution in [-0.2, 0) is 20.8 Å². The van der Waals surface area contributed by atoms with Crippen molar-refractivity contribution < 1.29 is 19.5 Å². The van der Waals surface area contributed by atoms with E-state index in [0.717, 1.165) is 27.7 Å². The van der Waals surface area contributed by atoms with Crippen molar-refractivity contribution in [3.05, 3.63) is 48.0 Å². The molecule has 8 nitrogen and oxygen atoms in total. The third-order valence-corrected chi connectivity index (χ3v) is 6.19. The van der Waals surface area contributed by atoms with Gasteiger partial charge in [-0.3, -0.25) is 19.3 Å². The molecule has 0 spiro atoms. The summed E-state index contributed by atoms with van der Waals surface area (Å²) in [5, 5.41) is 17.8. The van der Waals surface area contributed by atoms with Crippen molar-refractivity contribution in [2.75, 3.05) is 19.6 Å². The fourth-order valence-corrected chi connectivity index (χ4v) is 4.36. The first-order valence-electron chi connectivity index (χ1n) is 12.3. The second-order valence-corrected chi connectivity index (χ2v) is 10.5. The summed E-state index contributed by atoms with van der Waals surface area (Å²) in [5.41, 5.74) is 5.97. The van der Waals surface area contributed by atoms with Crippen molar-refractivity contribution in [3.8, 4) is 0 Å². The van der Waals surface area contributed by atoms with E-state index in [0.29, 0.717) is 13.0 Å². The van der Waals surface area contributed by atoms with Crippen LogP contribution in [0, 0.1) is 5.41 Å². The van der Waals surface area contributed by atoms with Crippen molar-refractivity contribution >= 4 is 28.5 Å². The summed E-state index contributed by atoms with van der Waals surface area (Å²) >= 11 is 0. The van der Waals surface area contributed by atoms with Crippen LogP contribution in [0.2, 0.25) is 0 Å². The Morgan fingerprint density at radius 3 is 2.51 bits per heavy atom. The molecule has 1 aliphatic heterocycles. The van der Waals surface area contributed by atoms with E-state index in [4.69, 9.17) is 5.73 Å². The number of hydrogen-bond acceptors (Lipinski definition) is 6. The summed E-state index contributed by atoms with van der Waals surface area (Å²) in [5.74, 6) is -1.24. The predicted octanol–water partition coefficient (Wildman–Crippen LogP) is 1.73. The molecule has 1 fully saturated rings. The Morgan fingerprint density at radius 1 is 1.17 bits per heavy atom. The minimum Gasteiger partial charge on any atom is -0.390 e. The van der Waals surface area contributed by atoms with Gasteiger partial charge < -0.3 is 21.5 Å². The van der Waals surface area contributed by atoms with Gasteiger partial charge in [-0.1, -0.05) is 63.2 Å². The maximum atomic E-state index is 13.6. The smallest absolute Gasteiger partial charge is 0.247 e. The van der Waals surface area contributed by atoms with Gasteiger partial charge in [-0.15, -0.1) is 0 Å². The van der Waals surface area contributed by atoms with E-state index < -0.39 is 24.1 Å². The maximum Gasteiger partial charge on any atom is 0.247 e. The van der Waals surface area contributed by atoms with Gasteiger partial charge in [0.1, 0.15) is 6.04 Å². The molecule has 1 heterocycles. The zero-order valence-electron chi connectivity index (χ0n) is 20.9. The Hall–Kier alpha value is -2.81. The molecule has 3 amide bonds. The molecule has 2 aromatic rings. The van der Waals surface area contributed by atoms with Crippen LogP contribution in [0.4, 0.5) is 0 Å². The zero-order valence-corrected chi connectivity index (χ0v) is 20.9. The molecule has 1 saturated heterocycles. The summed E-state index contributed by atoms with van der Waals surface area (Å²) in [7, 11) is 0. The van der Waals surface area contributed by atoms with Crippen LogP contribution in [0.3, 0.4) is 0 Å². The lowest BCUT2D eigenvalue weighted by molar-refractivity contribution is -0.154. The van der Waals surface area contributed by atoms with E-state index in [1.807, 2.05) is 63.2 Å². The lowest BCUT2D eigenvalue weighted by Crippen LogP contribution is -2.58. The highest BCUT2D eigenvalue weighted by Gasteiger charge is 2.40. The monoisotopic (exact) mass is 482 g/mol. The van der Waals surface area contributed by atoms with Gasteiger partial charge in [0.15, 0.2) is 0 Å². The fourth-order valence-electron chi connectivity index (χ4n) is 4.36. The number of aliphatic hydroxyl groups excluding tert-OH is 1. The highest BCUT2D eigenvalue weighted by atomic mass is 16.3. The van der Waals surface area contributed by atoms with E-state index >= 15 is 0 Å². The average molecular weight is 483 g/mol. The molecule has 190 valence electrons. The van der Waals surface area contributed by atoms with E-state index in [1.54, 1.807) is 0 Å². The van der Waals surface area contributed by atoms with Crippen LogP contribution in [-0.4, -0.2) is 65.5 Å². The van der Waals surface area contributed by atoms with E-state index in [2.05, 4.69) is 10.6 Å². The van der Waals surface area contributed by atoms with Gasteiger partial charge in [-0.25, -0.2) is 0 Å². The lowest BCUT2D eigenvalue weighted by atomic mass is 9.90. The normalized spacial score (nSPS) is 17.7. The lowest BCUT2D eigenvalue weighted by Gasteiger charge is -2.33. The van der Waals surface area contributed by atoms with Crippen molar-refractivity contribution in [1.29, 1.82) is 0 Å². The number of imide groups is 1. The third kappa shape index (κ3) is 7.34. The second kappa shape index (κ2) is 11.7. The SMILES string of the molecule is CC(C)(C)CC(=O)N(C(=O)[C@@H]1CCCN1)[C@H](Cc1ccc2ccccc2c1)C(=O)NCC(O)CN. The van der Waals surface area contributed by atoms with Gasteiger partial charge in [0, 0.05) is 25.9 Å². The highest BCUT2D eigenvalue weighted by molar-refractivity contribution is 6.02. The standard InChI is InChI=1S/C27H38N4O4/c1-27(2,3)15-24(33)31(26(35)22-9-6-12-29-22)23(25(34)30-17-21(32)16-28)14-18-10-11-19-7-4-5-8-20(19)13-18/h4-5,7-8,10-11,13,21-23,29,32H,6,9,12,14-17,28H2,1-3H3,(H,30,34)/t21?,22-,23+/m0/s1. The molecule has 3 atom stereocenters. The van der Waals surface area contributed by atoms with Crippen molar-refractivity contribution in [3.63, 3.8) is 0 Å². The summed E-state index contributed by atoms with van der Waals surface area (Å²) < 4.78 is 0. The molecule has 0 aromatic heterocycles. The number of carbonyl (C=O) groups excluding carboxylic acids is 3. The average Bonchev–Trinajstić information content (AvgIpc) is 3.35. The minimum atomic E-state index is -1.05. The first-order chi connectivity index (χ1) is 16.6. The summed E-state index contributed by atoms with van der Waals surface area (Å²) in [6.45, 7) is 6.42. The molecule has 0 radical (unpaired) electrons. The van der Waals surface area contributed by atoms with Gasteiger partial charge in [0.05, 0.1) is 12.1 Å². The number of aliphatic hydroxyl groups is 1.